The van der Waals surface area contributed by atoms with E-state index in [1.807, 2.05) is 0 Å². The van der Waals surface area contributed by atoms with E-state index in [1.54, 1.807) is 20.8 Å². The van der Waals surface area contributed by atoms with Crippen LogP contribution in [0.5, 0.6) is 0 Å². The lowest BCUT2D eigenvalue weighted by atomic mass is 10.3. The number of thioether (sulfide) groups is 3. The smallest absolute Gasteiger partial charge is 0.286 e. The van der Waals surface area contributed by atoms with Gasteiger partial charge in [-0.1, -0.05) is 19.7 Å². The molecule has 1 rings (SSSR count). The number of carbonyl (C=O) groups excluding carboxylic acids is 3. The first kappa shape index (κ1) is 31.3. The molecule has 0 fully saturated rings. The van der Waals surface area contributed by atoms with Gasteiger partial charge in [-0.05, 0) is 39.0 Å². The second kappa shape index (κ2) is 17.7. The summed E-state index contributed by atoms with van der Waals surface area (Å²) in [6.07, 6.45) is 0.720. The Balaban J connectivity index is 2.80. The van der Waals surface area contributed by atoms with Crippen LogP contribution in [0.1, 0.15) is 33.6 Å². The number of amides is 2. The van der Waals surface area contributed by atoms with Gasteiger partial charge in [0.05, 0.1) is 37.0 Å². The molecule has 0 radical (unpaired) electrons. The normalized spacial score (nSPS) is 10.2. The lowest BCUT2D eigenvalue weighted by Crippen LogP contribution is -2.24. The zero-order valence-electron chi connectivity index (χ0n) is 20.6. The minimum atomic E-state index is -0.428. The Morgan fingerprint density at radius 2 is 1.08 bits per heavy atom. The number of nitrogens with zero attached hydrogens (tertiary/aromatic N) is 3. The summed E-state index contributed by atoms with van der Waals surface area (Å²) in [4.78, 5) is 49.4. The van der Waals surface area contributed by atoms with E-state index in [-0.39, 0.29) is 53.3 Å². The second-order valence-electron chi connectivity index (χ2n) is 7.04. The number of carbonyl (C=O) groups is 3. The van der Waals surface area contributed by atoms with Crippen LogP contribution in [0.3, 0.4) is 0 Å². The van der Waals surface area contributed by atoms with Gasteiger partial charge in [-0.3, -0.25) is 14.4 Å². The van der Waals surface area contributed by atoms with E-state index in [4.69, 9.17) is 14.2 Å². The molecule has 0 aliphatic carbocycles. The van der Waals surface area contributed by atoms with Crippen molar-refractivity contribution in [1.29, 1.82) is 0 Å². The van der Waals surface area contributed by atoms with Crippen molar-refractivity contribution in [1.82, 2.24) is 25.6 Å². The maximum atomic E-state index is 12.4. The van der Waals surface area contributed by atoms with Crippen molar-refractivity contribution in [3.8, 4) is 0 Å². The minimum Gasteiger partial charge on any atom is -0.499 e. The van der Waals surface area contributed by atoms with Crippen molar-refractivity contribution < 1.29 is 28.6 Å². The summed E-state index contributed by atoms with van der Waals surface area (Å²) >= 11 is 2.24. The van der Waals surface area contributed by atoms with Gasteiger partial charge >= 0.3 is 0 Å². The average molecular weight is 558 g/mol. The number of rotatable bonds is 16. The van der Waals surface area contributed by atoms with Crippen molar-refractivity contribution in [2.24, 2.45) is 0 Å². The van der Waals surface area contributed by atoms with Crippen LogP contribution < -0.4 is 10.6 Å². The van der Waals surface area contributed by atoms with Crippen molar-refractivity contribution >= 4 is 50.9 Å². The molecule has 1 aromatic rings. The average Bonchev–Trinajstić information content (AvgIpc) is 2.76. The Hall–Kier alpha value is -2.71. The van der Waals surface area contributed by atoms with E-state index in [9.17, 15) is 14.4 Å². The molecule has 14 heteroatoms. The Labute approximate surface area is 223 Å². The molecule has 0 saturated heterocycles. The van der Waals surface area contributed by atoms with Gasteiger partial charge < -0.3 is 24.8 Å². The summed E-state index contributed by atoms with van der Waals surface area (Å²) in [5.74, 6) is 1.65. The van der Waals surface area contributed by atoms with Crippen LogP contribution >= 0.6 is 35.3 Å². The summed E-state index contributed by atoms with van der Waals surface area (Å²) in [5.41, 5.74) is 0. The first-order chi connectivity index (χ1) is 17.0. The topological polar surface area (TPSA) is 142 Å². The molecule has 0 bridgehead atoms. The zero-order chi connectivity index (χ0) is 26.9. The van der Waals surface area contributed by atoms with Gasteiger partial charge in [0.25, 0.3) is 10.5 Å². The maximum absolute atomic E-state index is 12.4. The molecular weight excluding hydrogens is 526 g/mol. The molecule has 0 unspecified atom stereocenters. The first-order valence-electron chi connectivity index (χ1n) is 10.8. The monoisotopic (exact) mass is 557 g/mol. The van der Waals surface area contributed by atoms with Gasteiger partial charge in [-0.2, -0.15) is 15.0 Å². The van der Waals surface area contributed by atoms with Gasteiger partial charge in [0.2, 0.25) is 10.3 Å². The fraction of sp³-hybridized carbons (Fsp3) is 0.455. The lowest BCUT2D eigenvalue weighted by Gasteiger charge is -2.08. The van der Waals surface area contributed by atoms with Crippen molar-refractivity contribution in [3.63, 3.8) is 0 Å². The number of aromatic nitrogens is 3. The largest absolute Gasteiger partial charge is 0.499 e. The van der Waals surface area contributed by atoms with Crippen LogP contribution in [-0.2, 0) is 19.0 Å². The van der Waals surface area contributed by atoms with Crippen molar-refractivity contribution in [3.05, 3.63) is 37.0 Å². The summed E-state index contributed by atoms with van der Waals surface area (Å²) in [7, 11) is 0. The Kier molecular flexibility index (Phi) is 15.4. The van der Waals surface area contributed by atoms with Crippen molar-refractivity contribution in [2.45, 2.75) is 49.1 Å². The zero-order valence-corrected chi connectivity index (χ0v) is 23.0. The van der Waals surface area contributed by atoms with Gasteiger partial charge in [-0.25, -0.2) is 0 Å². The maximum Gasteiger partial charge on any atom is 0.286 e. The number of ether oxygens (including phenoxy) is 3. The molecule has 0 saturated carbocycles. The molecule has 36 heavy (non-hydrogen) atoms. The third kappa shape index (κ3) is 16.1. The molecule has 0 aromatic carbocycles. The SMILES string of the molecule is C=C(C)OCCCC(=O)Sc1nc(SC(=O)NCCOC(=C)C)nc(SC(=O)NCCOC(=C)C)n1. The van der Waals surface area contributed by atoms with Crippen LogP contribution in [0, 0.1) is 0 Å². The van der Waals surface area contributed by atoms with Crippen LogP contribution in [0.15, 0.2) is 52.5 Å². The quantitative estimate of drug-likeness (QED) is 0.168. The predicted octanol–water partition coefficient (Wildman–Crippen LogP) is 4.52. The highest BCUT2D eigenvalue weighted by Gasteiger charge is 2.17. The molecule has 11 nitrogen and oxygen atoms in total. The summed E-state index contributed by atoms with van der Waals surface area (Å²) in [6.45, 7) is 17.4. The third-order valence-electron chi connectivity index (χ3n) is 3.46. The summed E-state index contributed by atoms with van der Waals surface area (Å²) in [6, 6.07) is 0. The van der Waals surface area contributed by atoms with Gasteiger partial charge in [0.1, 0.15) is 13.2 Å². The molecule has 0 aliphatic rings. The summed E-state index contributed by atoms with van der Waals surface area (Å²) < 4.78 is 15.7. The molecule has 2 N–H and O–H groups in total. The molecule has 1 aromatic heterocycles. The number of hydrogen-bond donors (Lipinski definition) is 2. The second-order valence-corrected chi connectivity index (χ2v) is 9.95. The van der Waals surface area contributed by atoms with E-state index < -0.39 is 10.5 Å². The summed E-state index contributed by atoms with van der Waals surface area (Å²) in [5, 5.41) is 4.42. The van der Waals surface area contributed by atoms with Crippen molar-refractivity contribution in [2.75, 3.05) is 32.9 Å². The van der Waals surface area contributed by atoms with Crippen LogP contribution in [0.4, 0.5) is 9.59 Å². The van der Waals surface area contributed by atoms with Gasteiger partial charge in [-0.15, -0.1) is 0 Å². The molecule has 0 atom stereocenters. The fourth-order valence-electron chi connectivity index (χ4n) is 2.07. The Bertz CT molecular complexity index is 829. The molecule has 2 amide bonds. The standard InChI is InChI=1S/C22H31N5O6S3/c1-14(2)31-11-7-8-17(28)34-18-25-19(35-21(29)23-9-12-32-15(3)4)27-20(26-18)36-22(30)24-10-13-33-16(5)6/h1,3,5,7-13H2,2,4,6H3,(H,23,29)(H,24,30). The van der Waals surface area contributed by atoms with E-state index >= 15 is 0 Å². The lowest BCUT2D eigenvalue weighted by molar-refractivity contribution is -0.111. The van der Waals surface area contributed by atoms with Crippen LogP contribution in [0.2, 0.25) is 0 Å². The van der Waals surface area contributed by atoms with E-state index in [0.29, 0.717) is 53.8 Å². The van der Waals surface area contributed by atoms with Gasteiger partial charge in [0.15, 0.2) is 10.3 Å². The highest BCUT2D eigenvalue weighted by atomic mass is 32.2. The predicted molar refractivity (Wildman–Crippen MR) is 141 cm³/mol. The number of nitrogens with one attached hydrogen (secondary N) is 2. The highest BCUT2D eigenvalue weighted by molar-refractivity contribution is 8.14. The fourth-order valence-corrected chi connectivity index (χ4v) is 4.16. The Morgan fingerprint density at radius 1 is 0.694 bits per heavy atom. The van der Waals surface area contributed by atoms with E-state index in [0.717, 1.165) is 11.8 Å². The molecule has 0 aliphatic heterocycles. The van der Waals surface area contributed by atoms with Crippen LogP contribution in [0.25, 0.3) is 0 Å². The molecule has 0 spiro atoms. The number of hydrogen-bond acceptors (Lipinski definition) is 12. The number of allylic oxidation sites excluding steroid dienone is 3. The van der Waals surface area contributed by atoms with E-state index in [1.165, 1.54) is 0 Å². The minimum absolute atomic E-state index is 0.0464. The molecule has 198 valence electrons. The van der Waals surface area contributed by atoms with Crippen LogP contribution in [-0.4, -0.2) is 63.5 Å². The van der Waals surface area contributed by atoms with Gasteiger partial charge in [0, 0.05) is 29.9 Å². The van der Waals surface area contributed by atoms with E-state index in [2.05, 4.69) is 45.3 Å². The first-order valence-corrected chi connectivity index (χ1v) is 13.2. The highest BCUT2D eigenvalue weighted by Crippen LogP contribution is 2.25. The molecule has 1 heterocycles. The Morgan fingerprint density at radius 3 is 1.50 bits per heavy atom. The third-order valence-corrected chi connectivity index (χ3v) is 5.65. The molecular formula is C22H31N5O6S3.